The van der Waals surface area contributed by atoms with E-state index < -0.39 is 5.82 Å². The van der Waals surface area contributed by atoms with Gasteiger partial charge in [-0.25, -0.2) is 14.4 Å². The quantitative estimate of drug-likeness (QED) is 0.216. The summed E-state index contributed by atoms with van der Waals surface area (Å²) >= 11 is 6.10. The SMILES string of the molecule is Cc1cnc(Nc2cc(C)n(C)n2)nc1-c1c[nH]c2c(NC(=O)CN3CCC(Oc4ccc(F)cc4Cl)C3)cccc12. The van der Waals surface area contributed by atoms with Crippen molar-refractivity contribution in [3.63, 3.8) is 0 Å². The Bertz CT molecular complexity index is 1770. The molecule has 3 aromatic heterocycles. The maximum Gasteiger partial charge on any atom is 0.238 e. The van der Waals surface area contributed by atoms with Crippen LogP contribution in [-0.2, 0) is 11.8 Å². The molecule has 6 rings (SSSR count). The number of hydrogen-bond acceptors (Lipinski definition) is 7. The van der Waals surface area contributed by atoms with Crippen molar-refractivity contribution in [2.24, 2.45) is 7.05 Å². The van der Waals surface area contributed by atoms with E-state index in [0.717, 1.165) is 39.8 Å². The Morgan fingerprint density at radius 1 is 1.24 bits per heavy atom. The fraction of sp³-hybridized carbons (Fsp3) is 0.267. The number of nitrogens with zero attached hydrogens (tertiary/aromatic N) is 5. The van der Waals surface area contributed by atoms with Gasteiger partial charge in [0.25, 0.3) is 0 Å². The second-order valence-electron chi connectivity index (χ2n) is 10.5. The first-order valence-electron chi connectivity index (χ1n) is 13.6. The lowest BCUT2D eigenvalue weighted by Crippen LogP contribution is -2.33. The number of likely N-dealkylation sites (tertiary alicyclic amines) is 1. The summed E-state index contributed by atoms with van der Waals surface area (Å²) in [6.07, 6.45) is 4.29. The molecule has 216 valence electrons. The molecule has 1 amide bonds. The van der Waals surface area contributed by atoms with Crippen molar-refractivity contribution in [1.82, 2.24) is 29.6 Å². The molecule has 0 radical (unpaired) electrons. The summed E-state index contributed by atoms with van der Waals surface area (Å²) in [5.41, 5.74) is 5.11. The van der Waals surface area contributed by atoms with Crippen LogP contribution in [0.2, 0.25) is 5.02 Å². The number of hydrogen-bond donors (Lipinski definition) is 3. The number of aryl methyl sites for hydroxylation is 3. The third-order valence-electron chi connectivity index (χ3n) is 7.35. The molecular weight excluding hydrogens is 559 g/mol. The van der Waals surface area contributed by atoms with Crippen molar-refractivity contribution >= 4 is 45.9 Å². The number of aromatic nitrogens is 5. The van der Waals surface area contributed by atoms with E-state index in [1.807, 2.05) is 56.3 Å². The van der Waals surface area contributed by atoms with Crippen molar-refractivity contribution in [2.75, 3.05) is 30.3 Å². The molecule has 0 saturated carbocycles. The molecule has 42 heavy (non-hydrogen) atoms. The molecule has 1 fully saturated rings. The largest absolute Gasteiger partial charge is 0.487 e. The zero-order valence-corrected chi connectivity index (χ0v) is 24.2. The van der Waals surface area contributed by atoms with Gasteiger partial charge in [-0.05, 0) is 50.1 Å². The van der Waals surface area contributed by atoms with Gasteiger partial charge in [0.05, 0.1) is 28.5 Å². The zero-order chi connectivity index (χ0) is 29.4. The van der Waals surface area contributed by atoms with Gasteiger partial charge in [-0.15, -0.1) is 0 Å². The first-order valence-corrected chi connectivity index (χ1v) is 14.0. The smallest absolute Gasteiger partial charge is 0.238 e. The van der Waals surface area contributed by atoms with Crippen LogP contribution in [0.4, 0.5) is 21.8 Å². The first-order chi connectivity index (χ1) is 20.2. The number of halogens is 2. The molecule has 5 aromatic rings. The van der Waals surface area contributed by atoms with Gasteiger partial charge in [0, 0.05) is 55.2 Å². The van der Waals surface area contributed by atoms with Crippen LogP contribution in [0.15, 0.2) is 54.9 Å². The Morgan fingerprint density at radius 2 is 2.10 bits per heavy atom. The van der Waals surface area contributed by atoms with Gasteiger partial charge >= 0.3 is 0 Å². The summed E-state index contributed by atoms with van der Waals surface area (Å²) in [5, 5.41) is 11.8. The second-order valence-corrected chi connectivity index (χ2v) is 10.9. The number of amides is 1. The molecule has 1 atom stereocenters. The van der Waals surface area contributed by atoms with Crippen LogP contribution < -0.4 is 15.4 Å². The average molecular weight is 589 g/mol. The number of aromatic amines is 1. The number of ether oxygens (including phenoxy) is 1. The molecule has 10 nitrogen and oxygen atoms in total. The molecule has 1 aliphatic rings. The maximum absolute atomic E-state index is 13.3. The summed E-state index contributed by atoms with van der Waals surface area (Å²) < 4.78 is 21.1. The minimum absolute atomic E-state index is 0.130. The van der Waals surface area contributed by atoms with E-state index in [4.69, 9.17) is 21.3 Å². The van der Waals surface area contributed by atoms with E-state index in [2.05, 4.69) is 25.7 Å². The highest BCUT2D eigenvalue weighted by molar-refractivity contribution is 6.32. The normalized spacial score (nSPS) is 15.3. The van der Waals surface area contributed by atoms with E-state index in [1.165, 1.54) is 18.2 Å². The van der Waals surface area contributed by atoms with Gasteiger partial charge < -0.3 is 20.4 Å². The first kappa shape index (κ1) is 27.7. The van der Waals surface area contributed by atoms with Crippen LogP contribution in [0.1, 0.15) is 17.7 Å². The predicted octanol–water partition coefficient (Wildman–Crippen LogP) is 5.60. The van der Waals surface area contributed by atoms with Gasteiger partial charge in [0.15, 0.2) is 5.82 Å². The monoisotopic (exact) mass is 588 g/mol. The lowest BCUT2D eigenvalue weighted by Gasteiger charge is -2.17. The Labute approximate surface area is 246 Å². The molecule has 0 aliphatic carbocycles. The summed E-state index contributed by atoms with van der Waals surface area (Å²) in [7, 11) is 1.88. The Hall–Kier alpha value is -4.48. The predicted molar refractivity (Wildman–Crippen MR) is 161 cm³/mol. The summed E-state index contributed by atoms with van der Waals surface area (Å²) in [4.78, 5) is 27.6. The number of nitrogens with one attached hydrogen (secondary N) is 3. The number of carbonyl (C=O) groups excluding carboxylic acids is 1. The molecule has 0 bridgehead atoms. The number of H-pyrrole nitrogens is 1. The number of anilines is 3. The number of benzene rings is 2. The van der Waals surface area contributed by atoms with Crippen molar-refractivity contribution in [1.29, 1.82) is 0 Å². The van der Waals surface area contributed by atoms with Gasteiger partial charge in [-0.1, -0.05) is 23.7 Å². The number of carbonyl (C=O) groups is 1. The summed E-state index contributed by atoms with van der Waals surface area (Å²) in [6.45, 7) is 5.43. The third-order valence-corrected chi connectivity index (χ3v) is 7.65. The Morgan fingerprint density at radius 3 is 2.88 bits per heavy atom. The minimum atomic E-state index is -0.411. The fourth-order valence-corrected chi connectivity index (χ4v) is 5.36. The number of rotatable bonds is 8. The fourth-order valence-electron chi connectivity index (χ4n) is 5.15. The molecule has 1 saturated heterocycles. The lowest BCUT2D eigenvalue weighted by atomic mass is 10.1. The average Bonchev–Trinajstić information content (AvgIpc) is 3.66. The van der Waals surface area contributed by atoms with Gasteiger partial charge in [-0.2, -0.15) is 5.10 Å². The van der Waals surface area contributed by atoms with E-state index in [0.29, 0.717) is 36.3 Å². The van der Waals surface area contributed by atoms with Gasteiger partial charge in [-0.3, -0.25) is 14.4 Å². The van der Waals surface area contributed by atoms with Crippen molar-refractivity contribution in [2.45, 2.75) is 26.4 Å². The van der Waals surface area contributed by atoms with Crippen LogP contribution in [-0.4, -0.2) is 61.3 Å². The third kappa shape index (κ3) is 5.79. The molecule has 12 heteroatoms. The topological polar surface area (TPSA) is 113 Å². The second kappa shape index (κ2) is 11.4. The van der Waals surface area contributed by atoms with Crippen LogP contribution in [0.25, 0.3) is 22.2 Å². The van der Waals surface area contributed by atoms with Crippen LogP contribution in [0.5, 0.6) is 5.75 Å². The number of fused-ring (bicyclic) bond motifs is 1. The van der Waals surface area contributed by atoms with Crippen LogP contribution in [0.3, 0.4) is 0 Å². The van der Waals surface area contributed by atoms with E-state index in [1.54, 1.807) is 10.9 Å². The Balaban J connectivity index is 1.14. The Kier molecular flexibility index (Phi) is 7.53. The standard InChI is InChI=1S/C30H30ClFN8O2/c1-17-13-34-30(36-26-11-18(2)39(3)38-26)37-28(17)22-14-33-29-21(22)5-4-6-24(29)35-27(41)16-40-10-9-20(15-40)42-25-8-7-19(32)12-23(25)31/h4-8,11-14,20,33H,9-10,15-16H2,1-3H3,(H,35,41)(H,34,36,37,38). The highest BCUT2D eigenvalue weighted by Gasteiger charge is 2.26. The van der Waals surface area contributed by atoms with Crippen molar-refractivity contribution < 1.29 is 13.9 Å². The molecule has 0 spiro atoms. The van der Waals surface area contributed by atoms with Crippen LogP contribution >= 0.6 is 11.6 Å². The lowest BCUT2D eigenvalue weighted by molar-refractivity contribution is -0.117. The molecule has 2 aromatic carbocycles. The summed E-state index contributed by atoms with van der Waals surface area (Å²) in [6, 6.07) is 11.8. The highest BCUT2D eigenvalue weighted by atomic mass is 35.5. The summed E-state index contributed by atoms with van der Waals surface area (Å²) in [5.74, 6) is 1.02. The van der Waals surface area contributed by atoms with Gasteiger partial charge in [0.1, 0.15) is 17.7 Å². The molecule has 1 aliphatic heterocycles. The highest BCUT2D eigenvalue weighted by Crippen LogP contribution is 2.34. The molecule has 4 heterocycles. The zero-order valence-electron chi connectivity index (χ0n) is 23.4. The van der Waals surface area contributed by atoms with E-state index in [-0.39, 0.29) is 23.6 Å². The minimum Gasteiger partial charge on any atom is -0.487 e. The van der Waals surface area contributed by atoms with E-state index >= 15 is 0 Å². The molecular formula is C30H30ClFN8O2. The van der Waals surface area contributed by atoms with Crippen molar-refractivity contribution in [3.05, 3.63) is 77.0 Å². The maximum atomic E-state index is 13.3. The molecule has 1 unspecified atom stereocenters. The van der Waals surface area contributed by atoms with E-state index in [9.17, 15) is 9.18 Å². The molecule has 3 N–H and O–H groups in total. The number of para-hydroxylation sites is 1. The van der Waals surface area contributed by atoms with Crippen LogP contribution in [0, 0.1) is 19.7 Å². The van der Waals surface area contributed by atoms with Gasteiger partial charge in [0.2, 0.25) is 11.9 Å². The van der Waals surface area contributed by atoms with Crippen molar-refractivity contribution in [3.8, 4) is 17.0 Å².